The fourth-order valence-corrected chi connectivity index (χ4v) is 1.92. The van der Waals surface area contributed by atoms with E-state index in [4.69, 9.17) is 9.84 Å². The number of rotatable bonds is 4. The van der Waals surface area contributed by atoms with Crippen LogP contribution in [-0.2, 0) is 19.1 Å². The molecule has 0 bridgehead atoms. The van der Waals surface area contributed by atoms with Crippen LogP contribution in [0.2, 0.25) is 0 Å². The molecule has 124 valence electrons. The summed E-state index contributed by atoms with van der Waals surface area (Å²) in [7, 11) is 0. The van der Waals surface area contributed by atoms with E-state index in [2.05, 4.69) is 4.74 Å². The largest absolute Gasteiger partial charge is 0.504 e. The van der Waals surface area contributed by atoms with Crippen LogP contribution in [0.3, 0.4) is 0 Å². The Labute approximate surface area is 128 Å². The van der Waals surface area contributed by atoms with Crippen LogP contribution in [0, 0.1) is 0 Å². The first kappa shape index (κ1) is 16.5. The maximum absolute atomic E-state index is 11.9. The summed E-state index contributed by atoms with van der Waals surface area (Å²) in [6, 6.07) is 1.52. The molecule has 10 heteroatoms. The molecule has 1 heterocycles. The van der Waals surface area contributed by atoms with E-state index in [0.29, 0.717) is 0 Å². The first-order valence-corrected chi connectivity index (χ1v) is 6.26. The van der Waals surface area contributed by atoms with E-state index in [-0.39, 0.29) is 0 Å². The summed E-state index contributed by atoms with van der Waals surface area (Å²) in [5.41, 5.74) is -0.429. The number of benzene rings is 1. The van der Waals surface area contributed by atoms with E-state index in [0.717, 1.165) is 12.1 Å². The number of aliphatic hydroxyl groups excluding tert-OH is 2. The number of ether oxygens (including phenoxy) is 2. The second-order valence-corrected chi connectivity index (χ2v) is 4.67. The maximum Gasteiger partial charge on any atom is 0.379 e. The topological polar surface area (TPSA) is 171 Å². The lowest BCUT2D eigenvalue weighted by Gasteiger charge is -2.20. The van der Waals surface area contributed by atoms with Crippen LogP contribution in [0.15, 0.2) is 12.1 Å². The van der Waals surface area contributed by atoms with Crippen molar-refractivity contribution in [3.8, 4) is 17.2 Å². The molecule has 5 N–H and O–H groups in total. The number of phenols is 3. The third kappa shape index (κ3) is 3.03. The van der Waals surface area contributed by atoms with Gasteiger partial charge in [-0.1, -0.05) is 0 Å². The number of cyclic esters (lactones) is 1. The summed E-state index contributed by atoms with van der Waals surface area (Å²) >= 11 is 0. The van der Waals surface area contributed by atoms with Crippen LogP contribution < -0.4 is 0 Å². The molecule has 3 unspecified atom stereocenters. The Hall–Kier alpha value is -2.85. The third-order valence-corrected chi connectivity index (χ3v) is 3.11. The fraction of sp³-hybridized carbons (Fsp3) is 0.308. The number of carbonyl (C=O) groups is 3. The van der Waals surface area contributed by atoms with Crippen molar-refractivity contribution in [3.63, 3.8) is 0 Å². The van der Waals surface area contributed by atoms with Gasteiger partial charge in [0.05, 0.1) is 12.2 Å². The lowest BCUT2D eigenvalue weighted by atomic mass is 10.1. The van der Waals surface area contributed by atoms with Crippen molar-refractivity contribution in [2.75, 3.05) is 6.61 Å². The van der Waals surface area contributed by atoms with Gasteiger partial charge in [-0.3, -0.25) is 4.79 Å². The minimum absolute atomic E-state index is 0.429. The van der Waals surface area contributed by atoms with E-state index in [9.17, 15) is 34.8 Å². The first-order chi connectivity index (χ1) is 10.8. The first-order valence-electron chi connectivity index (χ1n) is 6.26. The number of carbonyl (C=O) groups excluding carboxylic acids is 3. The Morgan fingerprint density at radius 2 is 1.78 bits per heavy atom. The Morgan fingerprint density at radius 3 is 2.30 bits per heavy atom. The highest BCUT2D eigenvalue weighted by Gasteiger charge is 2.49. The number of ketones is 1. The van der Waals surface area contributed by atoms with Gasteiger partial charge in [0, 0.05) is 0 Å². The molecule has 3 atom stereocenters. The van der Waals surface area contributed by atoms with Crippen molar-refractivity contribution >= 4 is 17.7 Å². The molecule has 1 aliphatic rings. The molecule has 2 rings (SSSR count). The van der Waals surface area contributed by atoms with Crippen LogP contribution in [0.4, 0.5) is 0 Å². The van der Waals surface area contributed by atoms with Gasteiger partial charge in [0.25, 0.3) is 5.78 Å². The predicted molar refractivity (Wildman–Crippen MR) is 68.6 cm³/mol. The van der Waals surface area contributed by atoms with E-state index < -0.39 is 65.5 Å². The number of esters is 2. The van der Waals surface area contributed by atoms with Gasteiger partial charge in [0.15, 0.2) is 23.4 Å². The van der Waals surface area contributed by atoms with Crippen molar-refractivity contribution in [2.24, 2.45) is 0 Å². The van der Waals surface area contributed by atoms with Crippen molar-refractivity contribution in [3.05, 3.63) is 17.7 Å². The fourth-order valence-electron chi connectivity index (χ4n) is 1.92. The summed E-state index contributed by atoms with van der Waals surface area (Å²) in [6.45, 7) is -0.847. The Bertz CT molecular complexity index is 644. The average Bonchev–Trinajstić information content (AvgIpc) is 2.79. The van der Waals surface area contributed by atoms with Crippen LogP contribution in [0.5, 0.6) is 17.2 Å². The molecular weight excluding hydrogens is 316 g/mol. The monoisotopic (exact) mass is 328 g/mol. The number of hydrogen-bond acceptors (Lipinski definition) is 10. The van der Waals surface area contributed by atoms with E-state index in [1.807, 2.05) is 0 Å². The summed E-state index contributed by atoms with van der Waals surface area (Å²) in [5, 5.41) is 46.2. The SMILES string of the molecule is O=C1OC(C(O)CO)C(OC(=O)c2cc(O)c(O)c(O)c2)C1=O. The molecule has 1 aromatic rings. The lowest BCUT2D eigenvalue weighted by molar-refractivity contribution is -0.152. The zero-order valence-electron chi connectivity index (χ0n) is 11.4. The molecule has 0 radical (unpaired) electrons. The number of aromatic hydroxyl groups is 3. The Morgan fingerprint density at radius 1 is 1.22 bits per heavy atom. The highest BCUT2D eigenvalue weighted by atomic mass is 16.6. The zero-order valence-corrected chi connectivity index (χ0v) is 11.4. The van der Waals surface area contributed by atoms with E-state index in [1.54, 1.807) is 0 Å². The van der Waals surface area contributed by atoms with Gasteiger partial charge < -0.3 is 35.0 Å². The normalized spacial score (nSPS) is 21.8. The summed E-state index contributed by atoms with van der Waals surface area (Å²) in [6.07, 6.45) is -5.02. The van der Waals surface area contributed by atoms with Gasteiger partial charge in [0.2, 0.25) is 6.10 Å². The van der Waals surface area contributed by atoms with Gasteiger partial charge in [-0.05, 0) is 12.1 Å². The molecule has 0 spiro atoms. The van der Waals surface area contributed by atoms with Crippen LogP contribution in [0.25, 0.3) is 0 Å². The van der Waals surface area contributed by atoms with Gasteiger partial charge in [-0.25, -0.2) is 9.59 Å². The Balaban J connectivity index is 2.24. The predicted octanol–water partition coefficient (Wildman–Crippen LogP) is -1.82. The van der Waals surface area contributed by atoms with Gasteiger partial charge >= 0.3 is 11.9 Å². The standard InChI is InChI=1S/C13H12O10/c14-3-7(17)10-11(9(19)13(21)22-10)23-12(20)4-1-5(15)8(18)6(16)2-4/h1-2,7,10-11,14-18H,3H2. The highest BCUT2D eigenvalue weighted by Crippen LogP contribution is 2.35. The molecule has 1 aromatic carbocycles. The van der Waals surface area contributed by atoms with E-state index >= 15 is 0 Å². The highest BCUT2D eigenvalue weighted by molar-refractivity contribution is 6.37. The smallest absolute Gasteiger partial charge is 0.379 e. The van der Waals surface area contributed by atoms with Gasteiger partial charge in [-0.15, -0.1) is 0 Å². The summed E-state index contributed by atoms with van der Waals surface area (Å²) < 4.78 is 9.28. The zero-order chi connectivity index (χ0) is 17.3. The number of aliphatic hydroxyl groups is 2. The number of Topliss-reactive ketones (excluding diaryl/α,β-unsaturated/α-hetero) is 1. The van der Waals surface area contributed by atoms with Crippen molar-refractivity contribution in [1.82, 2.24) is 0 Å². The molecule has 0 amide bonds. The summed E-state index contributed by atoms with van der Waals surface area (Å²) in [4.78, 5) is 34.8. The molecule has 1 fully saturated rings. The second kappa shape index (κ2) is 6.10. The number of hydrogen-bond donors (Lipinski definition) is 5. The molecule has 23 heavy (non-hydrogen) atoms. The molecular formula is C13H12O10. The number of phenolic OH excluding ortho intramolecular Hbond substituents is 3. The van der Waals surface area contributed by atoms with Crippen LogP contribution >= 0.6 is 0 Å². The Kier molecular flexibility index (Phi) is 4.38. The molecule has 0 saturated carbocycles. The van der Waals surface area contributed by atoms with Crippen LogP contribution in [-0.4, -0.2) is 68.2 Å². The van der Waals surface area contributed by atoms with Crippen molar-refractivity contribution < 1.29 is 49.4 Å². The molecule has 1 aliphatic heterocycles. The lowest BCUT2D eigenvalue weighted by Crippen LogP contribution is -2.41. The quantitative estimate of drug-likeness (QED) is 0.241. The average molecular weight is 328 g/mol. The maximum atomic E-state index is 11.9. The van der Waals surface area contributed by atoms with Crippen LogP contribution in [0.1, 0.15) is 10.4 Å². The molecule has 0 aromatic heterocycles. The molecule has 1 saturated heterocycles. The summed E-state index contributed by atoms with van der Waals surface area (Å²) in [5.74, 6) is -6.28. The second-order valence-electron chi connectivity index (χ2n) is 4.67. The van der Waals surface area contributed by atoms with Crippen molar-refractivity contribution in [2.45, 2.75) is 18.3 Å². The van der Waals surface area contributed by atoms with Gasteiger partial charge in [-0.2, -0.15) is 0 Å². The third-order valence-electron chi connectivity index (χ3n) is 3.11. The van der Waals surface area contributed by atoms with Gasteiger partial charge in [0.1, 0.15) is 6.10 Å². The van der Waals surface area contributed by atoms with E-state index in [1.165, 1.54) is 0 Å². The minimum atomic E-state index is -1.80. The molecule has 0 aliphatic carbocycles. The molecule has 10 nitrogen and oxygen atoms in total. The minimum Gasteiger partial charge on any atom is -0.504 e. The van der Waals surface area contributed by atoms with Crippen molar-refractivity contribution in [1.29, 1.82) is 0 Å².